The van der Waals surface area contributed by atoms with Gasteiger partial charge in [0.1, 0.15) is 21.0 Å². The third kappa shape index (κ3) is 26.5. The van der Waals surface area contributed by atoms with Crippen LogP contribution in [0.3, 0.4) is 0 Å². The first-order valence-electron chi connectivity index (χ1n) is 0.816. The van der Waals surface area contributed by atoms with E-state index in [1.165, 1.54) is 0 Å². The maximum atomic E-state index is 4.53. The maximum Gasteiger partial charge on any atom is 0.129 e. The summed E-state index contributed by atoms with van der Waals surface area (Å²) in [4.78, 5) is 0. The van der Waals surface area contributed by atoms with Gasteiger partial charge in [-0.15, -0.1) is 0 Å². The summed E-state index contributed by atoms with van der Waals surface area (Å²) >= 11 is 0. The van der Waals surface area contributed by atoms with Gasteiger partial charge in [-0.25, -0.2) is 0 Å². The van der Waals surface area contributed by atoms with Gasteiger partial charge in [-0.3, -0.25) is 0 Å². The van der Waals surface area contributed by atoms with E-state index < -0.39 is 0 Å². The van der Waals surface area contributed by atoms with E-state index in [0.29, 0.717) is 0 Å². The fourth-order valence-corrected chi connectivity index (χ4v) is 0. The van der Waals surface area contributed by atoms with Crippen molar-refractivity contribution in [1.82, 2.24) is 0 Å². The van der Waals surface area contributed by atoms with E-state index in [4.69, 9.17) is 0 Å². The Kier molecular flexibility index (Phi) is 54.5. The molecule has 0 rings (SSSR count). The van der Waals surface area contributed by atoms with Crippen molar-refractivity contribution in [3.63, 3.8) is 0 Å². The van der Waals surface area contributed by atoms with Crippen molar-refractivity contribution in [2.45, 2.75) is 0 Å². The van der Waals surface area contributed by atoms with Gasteiger partial charge in [-0.1, -0.05) is 0 Å². The van der Waals surface area contributed by atoms with Crippen molar-refractivity contribution in [3.05, 3.63) is 0 Å². The van der Waals surface area contributed by atoms with Gasteiger partial charge in [0.25, 0.3) is 0 Å². The predicted molar refractivity (Wildman–Crippen MR) is 21.0 cm³/mol. The second-order valence-corrected chi connectivity index (χ2v) is 3.67. The molecule has 0 saturated carbocycles. The molecule has 0 aliphatic carbocycles. The summed E-state index contributed by atoms with van der Waals surface area (Å²) in [6, 6.07) is 0. The molecular formula is H6OPdPtSi2. The molecule has 0 aromatic rings. The van der Waals surface area contributed by atoms with Gasteiger partial charge in [0.2, 0.25) is 0 Å². The zero-order valence-electron chi connectivity index (χ0n) is 3.04. The number of hydrogen-bond donors (Lipinski definition) is 0. The normalized spacial score (nSPS) is 4.80. The minimum Gasteiger partial charge on any atom is -0.471 e. The van der Waals surface area contributed by atoms with E-state index >= 15 is 0 Å². The summed E-state index contributed by atoms with van der Waals surface area (Å²) in [7, 11) is 1.86. The van der Waals surface area contributed by atoms with E-state index in [1.807, 2.05) is 0 Å². The second kappa shape index (κ2) is 17.2. The van der Waals surface area contributed by atoms with Crippen LogP contribution in [0.15, 0.2) is 0 Å². The third-order valence-electron chi connectivity index (χ3n) is 0. The van der Waals surface area contributed by atoms with Crippen LogP contribution in [-0.2, 0) is 45.6 Å². The van der Waals surface area contributed by atoms with Crippen LogP contribution in [0, 0.1) is 0 Å². The Morgan fingerprint density at radius 1 is 1.20 bits per heavy atom. The molecule has 0 unspecified atom stereocenters. The molecule has 0 aliphatic heterocycles. The summed E-state index contributed by atoms with van der Waals surface area (Å²) in [5.74, 6) is 0. The Bertz CT molecular complexity index is 9.61. The first kappa shape index (κ1) is 15.9. The van der Waals surface area contributed by atoms with Crippen LogP contribution in [0.5, 0.6) is 0 Å². The molecule has 0 saturated heterocycles. The number of hydrogen-bond acceptors (Lipinski definition) is 1. The molecule has 0 spiro atoms. The molecule has 0 N–H and O–H groups in total. The topological polar surface area (TPSA) is 9.23 Å². The summed E-state index contributed by atoms with van der Waals surface area (Å²) in [5, 5.41) is 0. The Balaban J connectivity index is -0.0000000200. The third-order valence-corrected chi connectivity index (χ3v) is 0. The Labute approximate surface area is 66.2 Å². The minimum atomic E-state index is 0. The van der Waals surface area contributed by atoms with Gasteiger partial charge in [0.05, 0.1) is 0 Å². The molecule has 40 valence electrons. The first-order chi connectivity index (χ1) is 1.41. The van der Waals surface area contributed by atoms with E-state index in [2.05, 4.69) is 4.12 Å². The largest absolute Gasteiger partial charge is 0.471 e. The van der Waals surface area contributed by atoms with E-state index in [0.717, 1.165) is 21.0 Å². The monoisotopic (exact) mass is 379 g/mol. The SMILES string of the molecule is [Pd].[Pt].[SiH3]O[SiH3]. The zero-order chi connectivity index (χ0) is 2.71. The van der Waals surface area contributed by atoms with Crippen molar-refractivity contribution in [3.8, 4) is 0 Å². The fraction of sp³-hybridized carbons (Fsp3) is 0. The van der Waals surface area contributed by atoms with Crippen molar-refractivity contribution in [2.75, 3.05) is 0 Å². The summed E-state index contributed by atoms with van der Waals surface area (Å²) in [5.41, 5.74) is 0. The average Bonchev–Trinajstić information content (AvgIpc) is 0.918. The zero-order valence-corrected chi connectivity index (χ0v) is 10.9. The molecule has 0 bridgehead atoms. The molecule has 0 heterocycles. The molecule has 0 radical (unpaired) electrons. The first-order valence-corrected chi connectivity index (χ1v) is 2.45. The summed E-state index contributed by atoms with van der Waals surface area (Å²) < 4.78 is 4.53. The number of rotatable bonds is 0. The summed E-state index contributed by atoms with van der Waals surface area (Å²) in [6.45, 7) is 0. The van der Waals surface area contributed by atoms with Crippen LogP contribution in [-0.4, -0.2) is 21.0 Å². The van der Waals surface area contributed by atoms with E-state index in [1.54, 1.807) is 0 Å². The van der Waals surface area contributed by atoms with E-state index in [9.17, 15) is 0 Å². The fourth-order valence-electron chi connectivity index (χ4n) is 0. The van der Waals surface area contributed by atoms with Crippen LogP contribution >= 0.6 is 0 Å². The molecule has 0 fully saturated rings. The second-order valence-electron chi connectivity index (χ2n) is 0.408. The molecular weight excluding hydrogens is 374 g/mol. The molecule has 1 nitrogen and oxygen atoms in total. The van der Waals surface area contributed by atoms with Gasteiger partial charge >= 0.3 is 0 Å². The molecule has 5 heavy (non-hydrogen) atoms. The predicted octanol–water partition coefficient (Wildman–Crippen LogP) is -2.44. The quantitative estimate of drug-likeness (QED) is 0.425. The Hall–Kier alpha value is 1.74. The van der Waals surface area contributed by atoms with Crippen LogP contribution in [0.1, 0.15) is 0 Å². The van der Waals surface area contributed by atoms with Crippen molar-refractivity contribution >= 4 is 21.0 Å². The van der Waals surface area contributed by atoms with Gasteiger partial charge < -0.3 is 4.12 Å². The standard InChI is InChI=1S/H6OSi2.Pd.Pt/c2-1-3;;/h2-3H3;;. The van der Waals surface area contributed by atoms with Gasteiger partial charge in [0.15, 0.2) is 0 Å². The minimum absolute atomic E-state index is 0. The molecule has 0 aliphatic rings. The van der Waals surface area contributed by atoms with Crippen LogP contribution < -0.4 is 0 Å². The molecule has 0 aromatic carbocycles. The van der Waals surface area contributed by atoms with Crippen molar-refractivity contribution < 1.29 is 45.6 Å². The molecule has 5 heteroatoms. The molecule has 0 atom stereocenters. The smallest absolute Gasteiger partial charge is 0.129 e. The molecule has 0 aromatic heterocycles. The summed E-state index contributed by atoms with van der Waals surface area (Å²) in [6.07, 6.45) is 0. The van der Waals surface area contributed by atoms with Crippen molar-refractivity contribution in [2.24, 2.45) is 0 Å². The Morgan fingerprint density at radius 2 is 1.20 bits per heavy atom. The van der Waals surface area contributed by atoms with Gasteiger partial charge in [0, 0.05) is 41.5 Å². The Morgan fingerprint density at radius 3 is 1.20 bits per heavy atom. The van der Waals surface area contributed by atoms with E-state index in [-0.39, 0.29) is 41.5 Å². The average molecular weight is 380 g/mol. The van der Waals surface area contributed by atoms with Gasteiger partial charge in [-0.05, 0) is 0 Å². The maximum absolute atomic E-state index is 4.53. The van der Waals surface area contributed by atoms with Crippen LogP contribution in [0.2, 0.25) is 0 Å². The van der Waals surface area contributed by atoms with Crippen LogP contribution in [0.4, 0.5) is 0 Å². The van der Waals surface area contributed by atoms with Crippen LogP contribution in [0.25, 0.3) is 0 Å². The van der Waals surface area contributed by atoms with Gasteiger partial charge in [-0.2, -0.15) is 0 Å². The van der Waals surface area contributed by atoms with Crippen molar-refractivity contribution in [1.29, 1.82) is 0 Å². The molecule has 0 amide bonds.